The van der Waals surface area contributed by atoms with Crippen LogP contribution in [0.15, 0.2) is 0 Å². The molecule has 0 aromatic carbocycles. The Balaban J connectivity index is 2.73. The van der Waals surface area contributed by atoms with E-state index in [4.69, 9.17) is 0 Å². The van der Waals surface area contributed by atoms with Crippen LogP contribution in [0.25, 0.3) is 0 Å². The van der Waals surface area contributed by atoms with E-state index in [0.29, 0.717) is 19.0 Å². The number of piperidine rings is 1. The van der Waals surface area contributed by atoms with Crippen LogP contribution >= 0.6 is 0 Å². The number of alkyl halides is 3. The fourth-order valence-corrected chi connectivity index (χ4v) is 2.67. The molecule has 0 aliphatic carbocycles. The largest absolute Gasteiger partial charge is 0.404 e. The summed E-state index contributed by atoms with van der Waals surface area (Å²) in [5, 5.41) is 0. The van der Waals surface area contributed by atoms with E-state index in [1.807, 2.05) is 27.7 Å². The van der Waals surface area contributed by atoms with Crippen LogP contribution in [0.4, 0.5) is 13.2 Å². The Kier molecular flexibility index (Phi) is 4.87. The molecular formula is C13H24F3N. The SMILES string of the molecule is CC(C)CN1CCC(C(C)C)CC1C(F)(F)F. The van der Waals surface area contributed by atoms with Gasteiger partial charge in [-0.15, -0.1) is 0 Å². The molecule has 4 heteroatoms. The van der Waals surface area contributed by atoms with Crippen LogP contribution < -0.4 is 0 Å². The van der Waals surface area contributed by atoms with E-state index in [1.165, 1.54) is 0 Å². The quantitative estimate of drug-likeness (QED) is 0.734. The first-order chi connectivity index (χ1) is 7.71. The molecule has 1 heterocycles. The third kappa shape index (κ3) is 4.16. The van der Waals surface area contributed by atoms with Crippen molar-refractivity contribution in [2.45, 2.75) is 52.8 Å². The number of nitrogens with zero attached hydrogens (tertiary/aromatic N) is 1. The van der Waals surface area contributed by atoms with E-state index in [1.54, 1.807) is 4.90 Å². The third-order valence-electron chi connectivity index (χ3n) is 3.67. The summed E-state index contributed by atoms with van der Waals surface area (Å²) in [5.41, 5.74) is 0. The minimum Gasteiger partial charge on any atom is -0.292 e. The lowest BCUT2D eigenvalue weighted by atomic mass is 9.82. The van der Waals surface area contributed by atoms with Crippen molar-refractivity contribution in [3.8, 4) is 0 Å². The van der Waals surface area contributed by atoms with Gasteiger partial charge in [0.05, 0.1) is 0 Å². The maximum absolute atomic E-state index is 13.0. The highest BCUT2D eigenvalue weighted by molar-refractivity contribution is 4.87. The molecule has 0 aromatic rings. The molecule has 1 saturated heterocycles. The second-order valence-corrected chi connectivity index (χ2v) is 5.97. The summed E-state index contributed by atoms with van der Waals surface area (Å²) in [6.45, 7) is 9.14. The van der Waals surface area contributed by atoms with Crippen molar-refractivity contribution in [1.29, 1.82) is 0 Å². The van der Waals surface area contributed by atoms with E-state index in [9.17, 15) is 13.2 Å². The molecule has 0 N–H and O–H groups in total. The van der Waals surface area contributed by atoms with Crippen LogP contribution in [-0.4, -0.2) is 30.2 Å². The first-order valence-electron chi connectivity index (χ1n) is 6.52. The Morgan fingerprint density at radius 2 is 1.76 bits per heavy atom. The number of rotatable bonds is 3. The van der Waals surface area contributed by atoms with Gasteiger partial charge in [-0.2, -0.15) is 13.2 Å². The van der Waals surface area contributed by atoms with Gasteiger partial charge in [-0.25, -0.2) is 0 Å². The van der Waals surface area contributed by atoms with Gasteiger partial charge in [0.25, 0.3) is 0 Å². The monoisotopic (exact) mass is 251 g/mol. The molecule has 2 unspecified atom stereocenters. The van der Waals surface area contributed by atoms with E-state index < -0.39 is 12.2 Å². The van der Waals surface area contributed by atoms with Crippen molar-refractivity contribution in [3.63, 3.8) is 0 Å². The summed E-state index contributed by atoms with van der Waals surface area (Å²) < 4.78 is 39.1. The Morgan fingerprint density at radius 1 is 1.18 bits per heavy atom. The first kappa shape index (κ1) is 14.8. The van der Waals surface area contributed by atoms with Crippen molar-refractivity contribution < 1.29 is 13.2 Å². The molecule has 0 amide bonds. The normalized spacial score (nSPS) is 28.1. The van der Waals surface area contributed by atoms with E-state index in [0.717, 1.165) is 6.42 Å². The number of hydrogen-bond donors (Lipinski definition) is 0. The van der Waals surface area contributed by atoms with Crippen LogP contribution in [0.5, 0.6) is 0 Å². The first-order valence-corrected chi connectivity index (χ1v) is 6.52. The fraction of sp³-hybridized carbons (Fsp3) is 1.00. The predicted molar refractivity (Wildman–Crippen MR) is 63.8 cm³/mol. The molecule has 0 aromatic heterocycles. The second kappa shape index (κ2) is 5.59. The van der Waals surface area contributed by atoms with Crippen molar-refractivity contribution in [1.82, 2.24) is 4.90 Å². The smallest absolute Gasteiger partial charge is 0.292 e. The average molecular weight is 251 g/mol. The van der Waals surface area contributed by atoms with Crippen LogP contribution in [0, 0.1) is 17.8 Å². The molecule has 0 spiro atoms. The Hall–Kier alpha value is -0.250. The molecule has 1 aliphatic rings. The minimum absolute atomic E-state index is 0.213. The van der Waals surface area contributed by atoms with Gasteiger partial charge in [0.2, 0.25) is 0 Å². The Bertz CT molecular complexity index is 235. The fourth-order valence-electron chi connectivity index (χ4n) is 2.67. The third-order valence-corrected chi connectivity index (χ3v) is 3.67. The van der Waals surface area contributed by atoms with Crippen molar-refractivity contribution in [2.75, 3.05) is 13.1 Å². The van der Waals surface area contributed by atoms with E-state index in [-0.39, 0.29) is 18.3 Å². The molecule has 1 rings (SSSR count). The topological polar surface area (TPSA) is 3.24 Å². The van der Waals surface area contributed by atoms with Gasteiger partial charge in [-0.1, -0.05) is 27.7 Å². The van der Waals surface area contributed by atoms with Crippen molar-refractivity contribution in [3.05, 3.63) is 0 Å². The average Bonchev–Trinajstić information content (AvgIpc) is 2.15. The number of hydrogen-bond acceptors (Lipinski definition) is 1. The predicted octanol–water partition coefficient (Wildman–Crippen LogP) is 3.94. The standard InChI is InChI=1S/C13H24F3N/c1-9(2)8-17-6-5-11(10(3)4)7-12(17)13(14,15)16/h9-12H,5-8H2,1-4H3. The number of likely N-dealkylation sites (tertiary alicyclic amines) is 1. The van der Waals surface area contributed by atoms with Crippen molar-refractivity contribution in [2.24, 2.45) is 17.8 Å². The zero-order chi connectivity index (χ0) is 13.2. The summed E-state index contributed by atoms with van der Waals surface area (Å²) >= 11 is 0. The Morgan fingerprint density at radius 3 is 2.18 bits per heavy atom. The summed E-state index contributed by atoms with van der Waals surface area (Å²) in [7, 11) is 0. The van der Waals surface area contributed by atoms with E-state index >= 15 is 0 Å². The summed E-state index contributed by atoms with van der Waals surface area (Å²) in [4.78, 5) is 1.63. The zero-order valence-electron chi connectivity index (χ0n) is 11.2. The van der Waals surface area contributed by atoms with Gasteiger partial charge < -0.3 is 0 Å². The van der Waals surface area contributed by atoms with Crippen LogP contribution in [-0.2, 0) is 0 Å². The van der Waals surface area contributed by atoms with Gasteiger partial charge in [0.1, 0.15) is 6.04 Å². The molecule has 1 fully saturated rings. The lowest BCUT2D eigenvalue weighted by molar-refractivity contribution is -0.198. The highest BCUT2D eigenvalue weighted by atomic mass is 19.4. The van der Waals surface area contributed by atoms with Crippen molar-refractivity contribution >= 4 is 0 Å². The maximum Gasteiger partial charge on any atom is 0.404 e. The van der Waals surface area contributed by atoms with E-state index in [2.05, 4.69) is 0 Å². The maximum atomic E-state index is 13.0. The molecule has 17 heavy (non-hydrogen) atoms. The molecule has 0 bridgehead atoms. The van der Waals surface area contributed by atoms with Crippen LogP contribution in [0.1, 0.15) is 40.5 Å². The molecule has 1 aliphatic heterocycles. The van der Waals surface area contributed by atoms with Gasteiger partial charge >= 0.3 is 6.18 Å². The molecular weight excluding hydrogens is 227 g/mol. The lowest BCUT2D eigenvalue weighted by Gasteiger charge is -2.42. The highest BCUT2D eigenvalue weighted by Crippen LogP contribution is 2.37. The molecule has 0 radical (unpaired) electrons. The molecule has 1 nitrogen and oxygen atoms in total. The van der Waals surface area contributed by atoms with Gasteiger partial charge in [0, 0.05) is 6.54 Å². The van der Waals surface area contributed by atoms with Crippen LogP contribution in [0.3, 0.4) is 0 Å². The highest BCUT2D eigenvalue weighted by Gasteiger charge is 2.46. The zero-order valence-corrected chi connectivity index (χ0v) is 11.2. The summed E-state index contributed by atoms with van der Waals surface area (Å²) in [6.07, 6.45) is -2.91. The van der Waals surface area contributed by atoms with Gasteiger partial charge in [-0.05, 0) is 37.1 Å². The van der Waals surface area contributed by atoms with Crippen LogP contribution in [0.2, 0.25) is 0 Å². The van der Waals surface area contributed by atoms with Gasteiger partial charge in [-0.3, -0.25) is 4.90 Å². The molecule has 0 saturated carbocycles. The Labute approximate surface area is 102 Å². The number of halogens is 3. The summed E-state index contributed by atoms with van der Waals surface area (Å²) in [6, 6.07) is -1.23. The molecule has 102 valence electrons. The summed E-state index contributed by atoms with van der Waals surface area (Å²) in [5.74, 6) is 0.849. The van der Waals surface area contributed by atoms with Gasteiger partial charge in [0.15, 0.2) is 0 Å². The molecule has 2 atom stereocenters. The lowest BCUT2D eigenvalue weighted by Crippen LogP contribution is -2.52. The minimum atomic E-state index is -4.08. The second-order valence-electron chi connectivity index (χ2n) is 5.97.